The fourth-order valence-corrected chi connectivity index (χ4v) is 3.93. The molecule has 1 aliphatic rings. The van der Waals surface area contributed by atoms with Crippen LogP contribution in [-0.2, 0) is 9.53 Å². The fraction of sp³-hybridized carbons (Fsp3) is 0.611. The van der Waals surface area contributed by atoms with Crippen molar-refractivity contribution in [3.63, 3.8) is 0 Å². The zero-order valence-corrected chi connectivity index (χ0v) is 15.1. The molecular weight excluding hydrogens is 316 g/mol. The van der Waals surface area contributed by atoms with Crippen molar-refractivity contribution in [3.05, 3.63) is 29.3 Å². The molecule has 0 heterocycles. The van der Waals surface area contributed by atoms with Crippen LogP contribution in [0.5, 0.6) is 0 Å². The van der Waals surface area contributed by atoms with Gasteiger partial charge >= 0.3 is 5.97 Å². The van der Waals surface area contributed by atoms with E-state index in [-0.39, 0.29) is 12.1 Å². The van der Waals surface area contributed by atoms with Crippen LogP contribution < -0.4 is 0 Å². The summed E-state index contributed by atoms with van der Waals surface area (Å²) < 4.78 is 5.80. The van der Waals surface area contributed by atoms with Crippen LogP contribution in [0, 0.1) is 17.8 Å². The van der Waals surface area contributed by atoms with Gasteiger partial charge in [-0.05, 0) is 54.9 Å². The van der Waals surface area contributed by atoms with Crippen LogP contribution in [0.1, 0.15) is 40.0 Å². The van der Waals surface area contributed by atoms with Gasteiger partial charge in [-0.1, -0.05) is 38.8 Å². The lowest BCUT2D eigenvalue weighted by molar-refractivity contribution is -0.152. The average molecular weight is 341 g/mol. The summed E-state index contributed by atoms with van der Waals surface area (Å²) in [5.74, 6) is 1.97. The second-order valence-corrected chi connectivity index (χ2v) is 8.08. The van der Waals surface area contributed by atoms with E-state index in [1.165, 1.54) is 24.6 Å². The summed E-state index contributed by atoms with van der Waals surface area (Å²) in [7, 11) is 0. The summed E-state index contributed by atoms with van der Waals surface area (Å²) in [5, 5.41) is 0.711. The first-order chi connectivity index (χ1) is 10.5. The number of hydrogen-bond donors (Lipinski definition) is 0. The largest absolute Gasteiger partial charge is 0.461 e. The number of carbonyl (C=O) groups is 1. The molecule has 0 spiro atoms. The summed E-state index contributed by atoms with van der Waals surface area (Å²) in [6.45, 7) is 6.70. The molecule has 0 radical (unpaired) electrons. The first-order valence-corrected chi connectivity index (χ1v) is 9.40. The smallest absolute Gasteiger partial charge is 0.316 e. The molecule has 2 rings (SSSR count). The van der Waals surface area contributed by atoms with Gasteiger partial charge < -0.3 is 4.74 Å². The van der Waals surface area contributed by atoms with Crippen LogP contribution in [0.25, 0.3) is 0 Å². The normalized spacial score (nSPS) is 25.2. The Bertz CT molecular complexity index is 486. The van der Waals surface area contributed by atoms with E-state index in [4.69, 9.17) is 16.3 Å². The lowest BCUT2D eigenvalue weighted by Crippen LogP contribution is -2.36. The molecule has 2 nitrogen and oxygen atoms in total. The van der Waals surface area contributed by atoms with Crippen molar-refractivity contribution < 1.29 is 9.53 Å². The Morgan fingerprint density at radius 1 is 1.32 bits per heavy atom. The highest BCUT2D eigenvalue weighted by molar-refractivity contribution is 8.00. The van der Waals surface area contributed by atoms with E-state index in [0.717, 1.165) is 11.3 Å². The van der Waals surface area contributed by atoms with E-state index in [1.807, 2.05) is 24.3 Å². The van der Waals surface area contributed by atoms with E-state index in [1.54, 1.807) is 0 Å². The highest BCUT2D eigenvalue weighted by Crippen LogP contribution is 2.35. The second-order valence-electron chi connectivity index (χ2n) is 6.60. The van der Waals surface area contributed by atoms with E-state index >= 15 is 0 Å². The maximum atomic E-state index is 12.2. The van der Waals surface area contributed by atoms with E-state index in [2.05, 4.69) is 20.8 Å². The number of benzene rings is 1. The monoisotopic (exact) mass is 340 g/mol. The molecule has 0 aliphatic heterocycles. The van der Waals surface area contributed by atoms with Crippen molar-refractivity contribution in [1.82, 2.24) is 0 Å². The Labute approximate surface area is 143 Å². The molecule has 0 N–H and O–H groups in total. The van der Waals surface area contributed by atoms with Gasteiger partial charge in [0.2, 0.25) is 0 Å². The predicted molar refractivity (Wildman–Crippen MR) is 93.4 cm³/mol. The molecular formula is C18H25ClO2S. The van der Waals surface area contributed by atoms with Crippen LogP contribution in [0.3, 0.4) is 0 Å². The SMILES string of the molecule is CC(C)[C@H]1CC[C@@H](C)C[C@@H]1OC(=O)CSc1ccc(Cl)cc1. The minimum atomic E-state index is -0.107. The van der Waals surface area contributed by atoms with Crippen LogP contribution in [-0.4, -0.2) is 17.8 Å². The van der Waals surface area contributed by atoms with Crippen molar-refractivity contribution in [3.8, 4) is 0 Å². The second kappa shape index (κ2) is 8.26. The van der Waals surface area contributed by atoms with Crippen molar-refractivity contribution in [2.24, 2.45) is 17.8 Å². The highest BCUT2D eigenvalue weighted by Gasteiger charge is 2.33. The van der Waals surface area contributed by atoms with E-state index < -0.39 is 0 Å². The number of carbonyl (C=O) groups excluding carboxylic acids is 1. The molecule has 1 saturated carbocycles. The lowest BCUT2D eigenvalue weighted by Gasteiger charge is -2.36. The average Bonchev–Trinajstić information content (AvgIpc) is 2.46. The van der Waals surface area contributed by atoms with Crippen LogP contribution in [0.15, 0.2) is 29.2 Å². The summed E-state index contributed by atoms with van der Waals surface area (Å²) in [4.78, 5) is 13.2. The molecule has 22 heavy (non-hydrogen) atoms. The van der Waals surface area contributed by atoms with Gasteiger partial charge in [-0.15, -0.1) is 11.8 Å². The predicted octanol–water partition coefficient (Wildman–Crippen LogP) is 5.44. The number of hydrogen-bond acceptors (Lipinski definition) is 3. The summed E-state index contributed by atoms with van der Waals surface area (Å²) >= 11 is 7.36. The van der Waals surface area contributed by atoms with Crippen molar-refractivity contribution in [1.29, 1.82) is 0 Å². The minimum Gasteiger partial charge on any atom is -0.461 e. The Hall–Kier alpha value is -0.670. The Balaban J connectivity index is 1.85. The minimum absolute atomic E-state index is 0.0852. The van der Waals surface area contributed by atoms with Crippen LogP contribution in [0.4, 0.5) is 0 Å². The van der Waals surface area contributed by atoms with E-state index in [9.17, 15) is 4.79 Å². The Morgan fingerprint density at radius 2 is 2.00 bits per heavy atom. The summed E-state index contributed by atoms with van der Waals surface area (Å²) in [6, 6.07) is 7.54. The van der Waals surface area contributed by atoms with Gasteiger partial charge in [-0.3, -0.25) is 4.79 Å². The molecule has 1 fully saturated rings. The van der Waals surface area contributed by atoms with Gasteiger partial charge in [-0.25, -0.2) is 0 Å². The van der Waals surface area contributed by atoms with Gasteiger partial charge in [0.1, 0.15) is 6.10 Å². The summed E-state index contributed by atoms with van der Waals surface area (Å²) in [5.41, 5.74) is 0. The van der Waals surface area contributed by atoms with E-state index in [0.29, 0.717) is 28.5 Å². The molecule has 1 aromatic carbocycles. The molecule has 4 heteroatoms. The van der Waals surface area contributed by atoms with Gasteiger partial charge in [-0.2, -0.15) is 0 Å². The molecule has 122 valence electrons. The Morgan fingerprint density at radius 3 is 2.64 bits per heavy atom. The standard InChI is InChI=1S/C18H25ClO2S/c1-12(2)16-9-4-13(3)10-17(16)21-18(20)11-22-15-7-5-14(19)6-8-15/h5-8,12-13,16-17H,4,9-11H2,1-3H3/t13-,16-,17+/m1/s1. The number of esters is 1. The fourth-order valence-electron chi connectivity index (χ4n) is 3.13. The quantitative estimate of drug-likeness (QED) is 0.527. The van der Waals surface area contributed by atoms with Crippen molar-refractivity contribution >= 4 is 29.3 Å². The topological polar surface area (TPSA) is 26.3 Å². The number of ether oxygens (including phenoxy) is 1. The molecule has 1 aliphatic carbocycles. The maximum absolute atomic E-state index is 12.2. The molecule has 0 amide bonds. The van der Waals surface area contributed by atoms with Gasteiger partial charge in [0.05, 0.1) is 5.75 Å². The van der Waals surface area contributed by atoms with Crippen molar-refractivity contribution in [2.75, 3.05) is 5.75 Å². The Kier molecular flexibility index (Phi) is 6.64. The zero-order valence-electron chi connectivity index (χ0n) is 13.5. The van der Waals surface area contributed by atoms with Gasteiger partial charge in [0, 0.05) is 9.92 Å². The highest BCUT2D eigenvalue weighted by atomic mass is 35.5. The lowest BCUT2D eigenvalue weighted by atomic mass is 9.75. The molecule has 0 unspecified atom stereocenters. The number of halogens is 1. The third-order valence-electron chi connectivity index (χ3n) is 4.41. The zero-order chi connectivity index (χ0) is 16.1. The number of rotatable bonds is 5. The third kappa shape index (κ3) is 5.20. The van der Waals surface area contributed by atoms with Crippen LogP contribution in [0.2, 0.25) is 5.02 Å². The third-order valence-corrected chi connectivity index (χ3v) is 5.65. The molecule has 0 aromatic heterocycles. The molecule has 0 bridgehead atoms. The first-order valence-electron chi connectivity index (χ1n) is 8.03. The molecule has 1 aromatic rings. The van der Waals surface area contributed by atoms with Gasteiger partial charge in [0.15, 0.2) is 0 Å². The first kappa shape index (κ1) is 17.7. The summed E-state index contributed by atoms with van der Waals surface area (Å²) in [6.07, 6.45) is 3.50. The van der Waals surface area contributed by atoms with Crippen LogP contribution >= 0.6 is 23.4 Å². The molecule has 3 atom stereocenters. The maximum Gasteiger partial charge on any atom is 0.316 e. The van der Waals surface area contributed by atoms with Gasteiger partial charge in [0.25, 0.3) is 0 Å². The number of thioether (sulfide) groups is 1. The molecule has 0 saturated heterocycles. The van der Waals surface area contributed by atoms with Crippen molar-refractivity contribution in [2.45, 2.75) is 51.0 Å².